The van der Waals surface area contributed by atoms with E-state index >= 15 is 0 Å². The highest BCUT2D eigenvalue weighted by Crippen LogP contribution is 2.66. The summed E-state index contributed by atoms with van der Waals surface area (Å²) in [6.07, 6.45) is 13.6. The minimum Gasteiger partial charge on any atom is -0.396 e. The van der Waals surface area contributed by atoms with Gasteiger partial charge in [0.1, 0.15) is 0 Å². The van der Waals surface area contributed by atoms with Crippen LogP contribution in [-0.4, -0.2) is 22.9 Å². The lowest BCUT2D eigenvalue weighted by Crippen LogP contribution is -2.54. The van der Waals surface area contributed by atoms with Crippen LogP contribution in [0.4, 0.5) is 0 Å². The monoisotopic (exact) mass is 392 g/mol. The first-order valence-electron chi connectivity index (χ1n) is 12.5. The third kappa shape index (κ3) is 4.07. The Balaban J connectivity index is 1.71. The quantitative estimate of drug-likeness (QED) is 0.499. The van der Waals surface area contributed by atoms with Crippen molar-refractivity contribution in [3.63, 3.8) is 0 Å². The van der Waals surface area contributed by atoms with Crippen molar-refractivity contribution in [2.45, 2.75) is 111 Å². The van der Waals surface area contributed by atoms with E-state index in [0.29, 0.717) is 11.3 Å². The zero-order chi connectivity index (χ0) is 20.5. The van der Waals surface area contributed by atoms with Gasteiger partial charge in [0, 0.05) is 6.61 Å². The molecule has 164 valence electrons. The maximum Gasteiger partial charge on any atom is 0.0596 e. The van der Waals surface area contributed by atoms with Gasteiger partial charge in [-0.25, -0.2) is 0 Å². The van der Waals surface area contributed by atoms with Gasteiger partial charge in [0.25, 0.3) is 0 Å². The normalized spacial score (nSPS) is 44.4. The lowest BCUT2D eigenvalue weighted by Gasteiger charge is -2.58. The fourth-order valence-electron chi connectivity index (χ4n) is 8.27. The topological polar surface area (TPSA) is 40.5 Å². The van der Waals surface area contributed by atoms with Crippen molar-refractivity contribution in [1.29, 1.82) is 0 Å². The summed E-state index contributed by atoms with van der Waals surface area (Å²) in [5.41, 5.74) is 0.548. The van der Waals surface area contributed by atoms with Gasteiger partial charge in [-0.2, -0.15) is 0 Å². The molecule has 28 heavy (non-hydrogen) atoms. The zero-order valence-corrected chi connectivity index (χ0v) is 19.4. The van der Waals surface area contributed by atoms with Gasteiger partial charge in [-0.1, -0.05) is 53.9 Å². The third-order valence-corrected chi connectivity index (χ3v) is 9.89. The predicted molar refractivity (Wildman–Crippen MR) is 118 cm³/mol. The van der Waals surface area contributed by atoms with Gasteiger partial charge in [-0.05, 0) is 97.7 Å². The predicted octanol–water partition coefficient (Wildman–Crippen LogP) is 6.44. The molecule has 3 saturated carbocycles. The Bertz CT molecular complexity index is 503. The van der Waals surface area contributed by atoms with Gasteiger partial charge >= 0.3 is 0 Å². The summed E-state index contributed by atoms with van der Waals surface area (Å²) in [6.45, 7) is 12.5. The Morgan fingerprint density at radius 1 is 0.893 bits per heavy atom. The zero-order valence-electron chi connectivity index (χ0n) is 19.4. The lowest BCUT2D eigenvalue weighted by molar-refractivity contribution is -0.133. The van der Waals surface area contributed by atoms with Gasteiger partial charge in [-0.3, -0.25) is 0 Å². The smallest absolute Gasteiger partial charge is 0.0596 e. The first kappa shape index (κ1) is 22.6. The summed E-state index contributed by atoms with van der Waals surface area (Å²) in [7, 11) is 0. The molecule has 0 aromatic rings. The molecule has 2 heteroatoms. The van der Waals surface area contributed by atoms with Crippen LogP contribution < -0.4 is 0 Å². The molecule has 3 aliphatic carbocycles. The van der Waals surface area contributed by atoms with Crippen molar-refractivity contribution in [2.75, 3.05) is 6.61 Å². The standard InChI is InChI=1S/C26H48O2/c1-18(2)8-6-9-19(3)21-11-12-22-20-10-13-24(28)26(5,15-7-17-27)23(20)14-16-25(21,22)4/h18-24,27-28H,6-17H2,1-5H3/t19-,20+,21-,22-,23+,24-,25+,26-/m0/s1. The van der Waals surface area contributed by atoms with E-state index in [2.05, 4.69) is 34.6 Å². The van der Waals surface area contributed by atoms with Crippen LogP contribution in [-0.2, 0) is 0 Å². The van der Waals surface area contributed by atoms with Crippen molar-refractivity contribution in [3.8, 4) is 0 Å². The molecule has 0 bridgehead atoms. The molecule has 3 fully saturated rings. The van der Waals surface area contributed by atoms with E-state index < -0.39 is 0 Å². The van der Waals surface area contributed by atoms with Gasteiger partial charge in [0.2, 0.25) is 0 Å². The van der Waals surface area contributed by atoms with Crippen LogP contribution in [0.3, 0.4) is 0 Å². The van der Waals surface area contributed by atoms with Crippen LogP contribution >= 0.6 is 0 Å². The molecule has 0 radical (unpaired) electrons. The molecule has 2 N–H and O–H groups in total. The fourth-order valence-corrected chi connectivity index (χ4v) is 8.27. The van der Waals surface area contributed by atoms with E-state index in [1.54, 1.807) is 0 Å². The molecule has 3 rings (SSSR count). The van der Waals surface area contributed by atoms with Crippen LogP contribution in [0.1, 0.15) is 105 Å². The third-order valence-electron chi connectivity index (χ3n) is 9.89. The summed E-state index contributed by atoms with van der Waals surface area (Å²) in [4.78, 5) is 0. The summed E-state index contributed by atoms with van der Waals surface area (Å²) < 4.78 is 0. The Morgan fingerprint density at radius 3 is 2.32 bits per heavy atom. The number of hydrogen-bond donors (Lipinski definition) is 2. The van der Waals surface area contributed by atoms with Gasteiger partial charge < -0.3 is 10.2 Å². The molecule has 0 aromatic heterocycles. The Morgan fingerprint density at radius 2 is 1.64 bits per heavy atom. The minimum atomic E-state index is -0.170. The van der Waals surface area contributed by atoms with E-state index in [0.717, 1.165) is 48.9 Å². The summed E-state index contributed by atoms with van der Waals surface area (Å²) in [5.74, 6) is 4.93. The lowest BCUT2D eigenvalue weighted by atomic mass is 9.47. The molecule has 2 nitrogen and oxygen atoms in total. The van der Waals surface area contributed by atoms with Crippen LogP contribution in [0.25, 0.3) is 0 Å². The fraction of sp³-hybridized carbons (Fsp3) is 1.00. The SMILES string of the molecule is CC(C)CCC[C@H](C)[C@@H]1CC[C@H]2[C@H]3CC[C@H](O)[C@@](C)(CCCO)[C@@H]3CC[C@@]21C. The largest absolute Gasteiger partial charge is 0.396 e. The van der Waals surface area contributed by atoms with E-state index in [-0.39, 0.29) is 18.1 Å². The van der Waals surface area contributed by atoms with Gasteiger partial charge in [-0.15, -0.1) is 0 Å². The van der Waals surface area contributed by atoms with Crippen molar-refractivity contribution in [2.24, 2.45) is 46.3 Å². The molecule has 0 aliphatic heterocycles. The average Bonchev–Trinajstić information content (AvgIpc) is 3.00. The minimum absolute atomic E-state index is 0.0218. The molecule has 8 atom stereocenters. The molecular weight excluding hydrogens is 344 g/mol. The summed E-state index contributed by atoms with van der Waals surface area (Å²) in [6, 6.07) is 0. The van der Waals surface area contributed by atoms with Crippen molar-refractivity contribution >= 4 is 0 Å². The maximum absolute atomic E-state index is 10.9. The second kappa shape index (κ2) is 8.96. The molecule has 0 amide bonds. The van der Waals surface area contributed by atoms with Crippen molar-refractivity contribution in [1.82, 2.24) is 0 Å². The molecule has 0 heterocycles. The van der Waals surface area contributed by atoms with Crippen LogP contribution in [0.15, 0.2) is 0 Å². The Labute approximate surface area is 174 Å². The molecule has 0 spiro atoms. The number of aliphatic hydroxyl groups is 2. The van der Waals surface area contributed by atoms with Crippen molar-refractivity contribution in [3.05, 3.63) is 0 Å². The number of aliphatic hydroxyl groups excluding tert-OH is 2. The molecule has 3 aliphatic rings. The highest BCUT2D eigenvalue weighted by molar-refractivity contribution is 5.08. The summed E-state index contributed by atoms with van der Waals surface area (Å²) in [5, 5.41) is 20.3. The Hall–Kier alpha value is -0.0800. The molecular formula is C26H48O2. The second-order valence-corrected chi connectivity index (χ2v) is 11.8. The van der Waals surface area contributed by atoms with Crippen LogP contribution in [0, 0.1) is 46.3 Å². The highest BCUT2D eigenvalue weighted by atomic mass is 16.3. The first-order chi connectivity index (χ1) is 13.2. The van der Waals surface area contributed by atoms with E-state index in [1.165, 1.54) is 51.4 Å². The van der Waals surface area contributed by atoms with Gasteiger partial charge in [0.15, 0.2) is 0 Å². The van der Waals surface area contributed by atoms with E-state index in [9.17, 15) is 10.2 Å². The number of rotatable bonds is 8. The second-order valence-electron chi connectivity index (χ2n) is 11.8. The van der Waals surface area contributed by atoms with Crippen molar-refractivity contribution < 1.29 is 10.2 Å². The molecule has 0 unspecified atom stereocenters. The maximum atomic E-state index is 10.9. The van der Waals surface area contributed by atoms with Crippen LogP contribution in [0.2, 0.25) is 0 Å². The molecule has 0 saturated heterocycles. The average molecular weight is 393 g/mol. The summed E-state index contributed by atoms with van der Waals surface area (Å²) >= 11 is 0. The van der Waals surface area contributed by atoms with E-state index in [4.69, 9.17) is 0 Å². The van der Waals surface area contributed by atoms with Gasteiger partial charge in [0.05, 0.1) is 6.10 Å². The molecule has 0 aromatic carbocycles. The van der Waals surface area contributed by atoms with E-state index in [1.807, 2.05) is 0 Å². The first-order valence-corrected chi connectivity index (χ1v) is 12.5. The number of hydrogen-bond acceptors (Lipinski definition) is 2. The number of fused-ring (bicyclic) bond motifs is 3. The highest BCUT2D eigenvalue weighted by Gasteiger charge is 2.59. The Kier molecular flexibility index (Phi) is 7.24. The van der Waals surface area contributed by atoms with Crippen LogP contribution in [0.5, 0.6) is 0 Å².